The molecule has 0 radical (unpaired) electrons. The zero-order valence-electron chi connectivity index (χ0n) is 6.64. The first-order valence-electron chi connectivity index (χ1n) is 2.59. The fourth-order valence-corrected chi connectivity index (χ4v) is 1.01. The van der Waals surface area contributed by atoms with Gasteiger partial charge in [0.1, 0.15) is 6.67 Å². The van der Waals surface area contributed by atoms with E-state index >= 15 is 0 Å². The molecule has 0 spiro atoms. The van der Waals surface area contributed by atoms with E-state index < -0.39 is 0 Å². The van der Waals surface area contributed by atoms with Crippen molar-refractivity contribution in [2.75, 3.05) is 20.4 Å². The average molecular weight is 203 g/mol. The maximum Gasteiger partial charge on any atom is 1.00 e. The van der Waals surface area contributed by atoms with Crippen LogP contribution in [0.5, 0.6) is 0 Å². The van der Waals surface area contributed by atoms with E-state index in [2.05, 4.69) is 30.6 Å². The van der Waals surface area contributed by atoms with Gasteiger partial charge in [-0.1, -0.05) is 25.6 Å². The van der Waals surface area contributed by atoms with Crippen molar-refractivity contribution in [1.82, 2.24) is 8.61 Å². The molecule has 0 bridgehead atoms. The number of rotatable bonds is 0. The first kappa shape index (κ1) is 14.6. The minimum atomic E-state index is 0. The zero-order valence-corrected chi connectivity index (χ0v) is 10.4. The van der Waals surface area contributed by atoms with Crippen LogP contribution in [-0.4, -0.2) is 35.4 Å². The topological polar surface area (TPSA) is 41.9 Å². The predicted molar refractivity (Wildman–Crippen MR) is 45.8 cm³/mol. The smallest absolute Gasteiger partial charge is 0.857 e. The molecule has 0 aliphatic carbocycles. The number of aliphatic imine (C=N–C) groups is 1. The van der Waals surface area contributed by atoms with E-state index in [1.165, 1.54) is 0 Å². The van der Waals surface area contributed by atoms with Crippen LogP contribution in [0.4, 0.5) is 0 Å². The van der Waals surface area contributed by atoms with Crippen molar-refractivity contribution in [1.29, 1.82) is 0 Å². The van der Waals surface area contributed by atoms with E-state index in [-0.39, 0.29) is 29.6 Å². The molecule has 0 aromatic rings. The third-order valence-corrected chi connectivity index (χ3v) is 1.25. The summed E-state index contributed by atoms with van der Waals surface area (Å²) in [5.41, 5.74) is 0. The Morgan fingerprint density at radius 3 is 2.27 bits per heavy atom. The maximum atomic E-state index is 8.25. The second-order valence-corrected chi connectivity index (χ2v) is 2.61. The van der Waals surface area contributed by atoms with E-state index in [0.29, 0.717) is 6.67 Å². The zero-order chi connectivity index (χ0) is 7.98. The number of thiol groups is 2. The molecule has 1 rings (SSSR count). The summed E-state index contributed by atoms with van der Waals surface area (Å²) in [4.78, 5) is 3.91. The molecule has 0 saturated carbocycles. The van der Waals surface area contributed by atoms with Crippen LogP contribution in [0.25, 0.3) is 0 Å². The Labute approximate surface area is 100 Å². The van der Waals surface area contributed by atoms with Gasteiger partial charge in [-0.3, -0.25) is 9.30 Å². The summed E-state index contributed by atoms with van der Waals surface area (Å²) in [6, 6.07) is 0. The molecule has 7 heteroatoms. The Balaban J connectivity index is 0. The van der Waals surface area contributed by atoms with Gasteiger partial charge in [0.2, 0.25) is 0 Å². The molecule has 1 aliphatic rings. The summed E-state index contributed by atoms with van der Waals surface area (Å²) >= 11 is 8.06. The summed E-state index contributed by atoms with van der Waals surface area (Å²) in [6.07, 6.45) is 1.68. The Morgan fingerprint density at radius 2 is 2.00 bits per heavy atom. The first-order valence-corrected chi connectivity index (χ1v) is 3.39. The standard InChI is InChI=1S/C3H7N3S2.CH3O.Na/c7-5-1-4-2-6(8)3-5;1-2;/h1,7-8H,2-3H2;1H3;/q;-1;+1. The van der Waals surface area contributed by atoms with E-state index in [4.69, 9.17) is 5.11 Å². The Morgan fingerprint density at radius 1 is 1.45 bits per heavy atom. The fourth-order valence-electron chi connectivity index (χ4n) is 0.474. The van der Waals surface area contributed by atoms with Gasteiger partial charge in [-0.15, -0.1) is 0 Å². The van der Waals surface area contributed by atoms with Gasteiger partial charge in [0.25, 0.3) is 0 Å². The summed E-state index contributed by atoms with van der Waals surface area (Å²) < 4.78 is 3.42. The van der Waals surface area contributed by atoms with Crippen LogP contribution in [0, 0.1) is 0 Å². The van der Waals surface area contributed by atoms with Gasteiger partial charge < -0.3 is 5.11 Å². The molecular formula is C4H10N3NaOS2. The van der Waals surface area contributed by atoms with Gasteiger partial charge in [0, 0.05) is 0 Å². The molecular weight excluding hydrogens is 193 g/mol. The number of nitrogens with zero attached hydrogens (tertiary/aromatic N) is 3. The third-order valence-electron chi connectivity index (χ3n) is 0.768. The van der Waals surface area contributed by atoms with Crippen molar-refractivity contribution < 1.29 is 34.7 Å². The molecule has 0 amide bonds. The second kappa shape index (κ2) is 9.18. The van der Waals surface area contributed by atoms with Crippen LogP contribution in [0.1, 0.15) is 0 Å². The van der Waals surface area contributed by atoms with E-state index in [1.54, 1.807) is 14.9 Å². The van der Waals surface area contributed by atoms with Gasteiger partial charge in [-0.05, 0) is 0 Å². The second-order valence-electron chi connectivity index (χ2n) is 1.53. The Hall–Kier alpha value is 1.09. The summed E-state index contributed by atoms with van der Waals surface area (Å²) in [5, 5.41) is 8.25. The van der Waals surface area contributed by atoms with Crippen LogP contribution in [0.15, 0.2) is 4.99 Å². The van der Waals surface area contributed by atoms with Crippen LogP contribution in [-0.2, 0) is 0 Å². The number of hydrogen-bond acceptors (Lipinski definition) is 6. The fraction of sp³-hybridized carbons (Fsp3) is 0.750. The van der Waals surface area contributed by atoms with Crippen molar-refractivity contribution >= 4 is 32.0 Å². The molecule has 11 heavy (non-hydrogen) atoms. The van der Waals surface area contributed by atoms with E-state index in [1.807, 2.05) is 0 Å². The largest absolute Gasteiger partial charge is 1.00 e. The Bertz CT molecular complexity index is 116. The molecule has 60 valence electrons. The minimum absolute atomic E-state index is 0. The van der Waals surface area contributed by atoms with Crippen molar-refractivity contribution in [3.8, 4) is 0 Å². The van der Waals surface area contributed by atoms with E-state index in [9.17, 15) is 0 Å². The van der Waals surface area contributed by atoms with Crippen LogP contribution in [0.2, 0.25) is 0 Å². The molecule has 0 saturated heterocycles. The Kier molecular flexibility index (Phi) is 12.2. The molecule has 0 fully saturated rings. The average Bonchev–Trinajstić information content (AvgIpc) is 1.91. The SMILES string of the molecule is C[O-].SN1C=NCN(S)C1.[Na+]. The van der Waals surface area contributed by atoms with Gasteiger partial charge in [-0.2, -0.15) is 7.11 Å². The minimum Gasteiger partial charge on any atom is -0.857 e. The van der Waals surface area contributed by atoms with Crippen LogP contribution < -0.4 is 34.7 Å². The van der Waals surface area contributed by atoms with Gasteiger partial charge in [0.15, 0.2) is 0 Å². The first-order chi connectivity index (χ1) is 4.79. The van der Waals surface area contributed by atoms with Crippen molar-refractivity contribution in [3.05, 3.63) is 0 Å². The molecule has 1 heterocycles. The molecule has 0 N–H and O–H groups in total. The molecule has 4 nitrogen and oxygen atoms in total. The molecule has 1 aliphatic heterocycles. The van der Waals surface area contributed by atoms with Crippen molar-refractivity contribution in [2.45, 2.75) is 0 Å². The van der Waals surface area contributed by atoms with Crippen molar-refractivity contribution in [2.24, 2.45) is 4.99 Å². The van der Waals surface area contributed by atoms with Gasteiger partial charge >= 0.3 is 29.6 Å². The normalized spacial score (nSPS) is 16.5. The van der Waals surface area contributed by atoms with Gasteiger partial charge in [-0.25, -0.2) is 4.31 Å². The molecule has 0 unspecified atom stereocenters. The molecule has 0 aromatic carbocycles. The van der Waals surface area contributed by atoms with E-state index in [0.717, 1.165) is 13.8 Å². The maximum absolute atomic E-state index is 8.25. The number of hydrogen-bond donors (Lipinski definition) is 2. The van der Waals surface area contributed by atoms with Crippen LogP contribution in [0.3, 0.4) is 0 Å². The van der Waals surface area contributed by atoms with Crippen LogP contribution >= 0.6 is 25.6 Å². The monoisotopic (exact) mass is 203 g/mol. The quantitative estimate of drug-likeness (QED) is 0.314. The van der Waals surface area contributed by atoms with Crippen molar-refractivity contribution in [3.63, 3.8) is 0 Å². The summed E-state index contributed by atoms with van der Waals surface area (Å²) in [6.45, 7) is 1.37. The van der Waals surface area contributed by atoms with Gasteiger partial charge in [0.05, 0.1) is 13.0 Å². The summed E-state index contributed by atoms with van der Waals surface area (Å²) in [7, 11) is 0.750. The predicted octanol–water partition coefficient (Wildman–Crippen LogP) is -3.78. The summed E-state index contributed by atoms with van der Waals surface area (Å²) in [5.74, 6) is 0. The third kappa shape index (κ3) is 7.45. The molecule has 0 aromatic heterocycles. The molecule has 0 atom stereocenters.